The van der Waals surface area contributed by atoms with Gasteiger partial charge in [0.15, 0.2) is 0 Å². The highest BCUT2D eigenvalue weighted by molar-refractivity contribution is 5.96. The zero-order valence-corrected chi connectivity index (χ0v) is 19.4. The van der Waals surface area contributed by atoms with Crippen LogP contribution < -0.4 is 9.64 Å². The van der Waals surface area contributed by atoms with Gasteiger partial charge in [-0.05, 0) is 57.9 Å². The van der Waals surface area contributed by atoms with Crippen molar-refractivity contribution in [2.75, 3.05) is 32.1 Å². The lowest BCUT2D eigenvalue weighted by atomic mass is 9.93. The van der Waals surface area contributed by atoms with E-state index >= 15 is 0 Å². The molecule has 3 aromatic rings. The standard InChI is InChI=1S/C25H30N4O3/c1-16-13-22(31-21-10-8-20(9-11-21)28(4)5)14-23(26-16)19-7-6-12-29(15-19)25(30)24-17(2)27-32-18(24)3/h8-11,13-14,19H,6-7,12,15H2,1-5H3. The first-order valence-corrected chi connectivity index (χ1v) is 11.0. The lowest BCUT2D eigenvalue weighted by Gasteiger charge is -2.32. The zero-order chi connectivity index (χ0) is 22.8. The molecule has 0 radical (unpaired) electrons. The Hall–Kier alpha value is -3.35. The zero-order valence-electron chi connectivity index (χ0n) is 19.4. The maximum absolute atomic E-state index is 13.1. The third-order valence-electron chi connectivity index (χ3n) is 5.91. The van der Waals surface area contributed by atoms with Crippen LogP contribution in [0.1, 0.15) is 52.0 Å². The van der Waals surface area contributed by atoms with Gasteiger partial charge >= 0.3 is 0 Å². The normalized spacial score (nSPS) is 16.2. The number of carbonyl (C=O) groups excluding carboxylic acids is 1. The van der Waals surface area contributed by atoms with Crippen LogP contribution in [0, 0.1) is 20.8 Å². The Bertz CT molecular complexity index is 1090. The second-order valence-corrected chi connectivity index (χ2v) is 8.65. The molecular formula is C25H30N4O3. The molecule has 1 unspecified atom stereocenters. The van der Waals surface area contributed by atoms with Gasteiger partial charge in [-0.15, -0.1) is 0 Å². The summed E-state index contributed by atoms with van der Waals surface area (Å²) in [6, 6.07) is 11.9. The maximum Gasteiger partial charge on any atom is 0.259 e. The minimum absolute atomic E-state index is 0.0175. The first kappa shape index (κ1) is 21.9. The number of anilines is 1. The van der Waals surface area contributed by atoms with Crippen LogP contribution in [-0.2, 0) is 0 Å². The van der Waals surface area contributed by atoms with Gasteiger partial charge in [0.2, 0.25) is 0 Å². The monoisotopic (exact) mass is 434 g/mol. The number of carbonyl (C=O) groups is 1. The minimum atomic E-state index is -0.0175. The second-order valence-electron chi connectivity index (χ2n) is 8.65. The van der Waals surface area contributed by atoms with Gasteiger partial charge in [-0.25, -0.2) is 0 Å². The van der Waals surface area contributed by atoms with E-state index in [1.54, 1.807) is 6.92 Å². The average Bonchev–Trinajstić information content (AvgIpc) is 3.11. The first-order chi connectivity index (χ1) is 15.3. The quantitative estimate of drug-likeness (QED) is 0.570. The number of aromatic nitrogens is 2. The van der Waals surface area contributed by atoms with Gasteiger partial charge in [-0.2, -0.15) is 0 Å². The van der Waals surface area contributed by atoms with Crippen molar-refractivity contribution in [3.05, 3.63) is 64.8 Å². The van der Waals surface area contributed by atoms with Gasteiger partial charge in [0.05, 0.1) is 5.69 Å². The number of nitrogens with zero attached hydrogens (tertiary/aromatic N) is 4. The first-order valence-electron chi connectivity index (χ1n) is 11.0. The predicted molar refractivity (Wildman–Crippen MR) is 124 cm³/mol. The van der Waals surface area contributed by atoms with E-state index in [1.165, 1.54) is 0 Å². The summed E-state index contributed by atoms with van der Waals surface area (Å²) in [5, 5.41) is 3.93. The molecule has 168 valence electrons. The van der Waals surface area contributed by atoms with E-state index in [1.807, 2.05) is 69.2 Å². The fraction of sp³-hybridized carbons (Fsp3) is 0.400. The van der Waals surface area contributed by atoms with Crippen LogP contribution in [0.5, 0.6) is 11.5 Å². The van der Waals surface area contributed by atoms with Crippen LogP contribution >= 0.6 is 0 Å². The van der Waals surface area contributed by atoms with Gasteiger partial charge in [-0.3, -0.25) is 9.78 Å². The maximum atomic E-state index is 13.1. The molecule has 0 spiro atoms. The van der Waals surface area contributed by atoms with E-state index in [9.17, 15) is 4.79 Å². The van der Waals surface area contributed by atoms with Crippen LogP contribution in [0.4, 0.5) is 5.69 Å². The molecule has 7 heteroatoms. The van der Waals surface area contributed by atoms with E-state index in [-0.39, 0.29) is 11.8 Å². The summed E-state index contributed by atoms with van der Waals surface area (Å²) >= 11 is 0. The Morgan fingerprint density at radius 1 is 1.12 bits per heavy atom. The van der Waals surface area contributed by atoms with Crippen molar-refractivity contribution in [1.82, 2.24) is 15.0 Å². The molecule has 1 aliphatic heterocycles. The van der Waals surface area contributed by atoms with Crippen molar-refractivity contribution in [2.45, 2.75) is 39.5 Å². The number of hydrogen-bond donors (Lipinski definition) is 0. The Labute approximate surface area is 189 Å². The van der Waals surface area contributed by atoms with Crippen molar-refractivity contribution in [3.8, 4) is 11.5 Å². The van der Waals surface area contributed by atoms with Gasteiger partial charge < -0.3 is 19.1 Å². The number of aryl methyl sites for hydroxylation is 3. The number of amides is 1. The lowest BCUT2D eigenvalue weighted by Crippen LogP contribution is -2.39. The Morgan fingerprint density at radius 3 is 2.53 bits per heavy atom. The molecule has 32 heavy (non-hydrogen) atoms. The molecule has 1 aliphatic rings. The third kappa shape index (κ3) is 4.61. The summed E-state index contributed by atoms with van der Waals surface area (Å²) in [7, 11) is 4.02. The van der Waals surface area contributed by atoms with Crippen LogP contribution in [-0.4, -0.2) is 48.1 Å². The van der Waals surface area contributed by atoms with E-state index in [0.29, 0.717) is 23.6 Å². The van der Waals surface area contributed by atoms with E-state index in [2.05, 4.69) is 10.1 Å². The van der Waals surface area contributed by atoms with Crippen LogP contribution in [0.2, 0.25) is 0 Å². The molecule has 1 saturated heterocycles. The molecule has 1 aromatic carbocycles. The summed E-state index contributed by atoms with van der Waals surface area (Å²) in [6.07, 6.45) is 1.91. The Balaban J connectivity index is 1.52. The van der Waals surface area contributed by atoms with Crippen molar-refractivity contribution in [3.63, 3.8) is 0 Å². The molecule has 3 heterocycles. The average molecular weight is 435 g/mol. The number of rotatable bonds is 5. The van der Waals surface area contributed by atoms with Crippen molar-refractivity contribution >= 4 is 11.6 Å². The van der Waals surface area contributed by atoms with Gasteiger partial charge in [-0.1, -0.05) is 5.16 Å². The van der Waals surface area contributed by atoms with Crippen LogP contribution in [0.25, 0.3) is 0 Å². The molecule has 1 atom stereocenters. The van der Waals surface area contributed by atoms with Gasteiger partial charge in [0.1, 0.15) is 22.8 Å². The second kappa shape index (κ2) is 9.02. The van der Waals surface area contributed by atoms with E-state index in [4.69, 9.17) is 14.2 Å². The fourth-order valence-electron chi connectivity index (χ4n) is 4.23. The Morgan fingerprint density at radius 2 is 1.88 bits per heavy atom. The smallest absolute Gasteiger partial charge is 0.259 e. The van der Waals surface area contributed by atoms with Crippen molar-refractivity contribution < 1.29 is 14.1 Å². The molecule has 0 saturated carbocycles. The molecule has 0 bridgehead atoms. The number of piperidine rings is 1. The Kier molecular flexibility index (Phi) is 6.17. The minimum Gasteiger partial charge on any atom is -0.457 e. The van der Waals surface area contributed by atoms with Gasteiger partial charge in [0.25, 0.3) is 5.91 Å². The van der Waals surface area contributed by atoms with Gasteiger partial charge in [0, 0.05) is 62.3 Å². The third-order valence-corrected chi connectivity index (χ3v) is 5.91. The highest BCUT2D eigenvalue weighted by Crippen LogP contribution is 2.31. The molecule has 2 aromatic heterocycles. The summed E-state index contributed by atoms with van der Waals surface area (Å²) in [6.45, 7) is 6.91. The number of likely N-dealkylation sites (tertiary alicyclic amines) is 1. The molecule has 0 aliphatic carbocycles. The topological polar surface area (TPSA) is 71.7 Å². The SMILES string of the molecule is Cc1cc(Oc2ccc(N(C)C)cc2)cc(C2CCCN(C(=O)c3c(C)noc3C)C2)n1. The molecule has 1 amide bonds. The van der Waals surface area contributed by atoms with Crippen LogP contribution in [0.15, 0.2) is 40.9 Å². The number of pyridine rings is 1. The van der Waals surface area contributed by atoms with Crippen molar-refractivity contribution in [2.24, 2.45) is 0 Å². The highest BCUT2D eigenvalue weighted by atomic mass is 16.5. The predicted octanol–water partition coefficient (Wildman–Crippen LogP) is 4.87. The fourth-order valence-corrected chi connectivity index (χ4v) is 4.23. The summed E-state index contributed by atoms with van der Waals surface area (Å²) in [5.74, 6) is 2.26. The van der Waals surface area contributed by atoms with E-state index < -0.39 is 0 Å². The molecular weight excluding hydrogens is 404 g/mol. The molecule has 0 N–H and O–H groups in total. The number of benzene rings is 1. The molecule has 1 fully saturated rings. The van der Waals surface area contributed by atoms with Crippen molar-refractivity contribution in [1.29, 1.82) is 0 Å². The van der Waals surface area contributed by atoms with Crippen LogP contribution in [0.3, 0.4) is 0 Å². The van der Waals surface area contributed by atoms with E-state index in [0.717, 1.165) is 48.0 Å². The molecule has 4 rings (SSSR count). The molecule has 7 nitrogen and oxygen atoms in total. The summed E-state index contributed by atoms with van der Waals surface area (Å²) in [4.78, 5) is 21.8. The summed E-state index contributed by atoms with van der Waals surface area (Å²) < 4.78 is 11.3. The summed E-state index contributed by atoms with van der Waals surface area (Å²) in [5.41, 5.74) is 4.19. The number of ether oxygens (including phenoxy) is 1. The largest absolute Gasteiger partial charge is 0.457 e. The highest BCUT2D eigenvalue weighted by Gasteiger charge is 2.29. The lowest BCUT2D eigenvalue weighted by molar-refractivity contribution is 0.0703. The number of hydrogen-bond acceptors (Lipinski definition) is 6.